The van der Waals surface area contributed by atoms with Crippen LogP contribution in [0.1, 0.15) is 56.3 Å². The molecule has 0 aliphatic heterocycles. The number of aromatic nitrogens is 1. The van der Waals surface area contributed by atoms with Crippen LogP contribution in [0, 0.1) is 13.8 Å². The summed E-state index contributed by atoms with van der Waals surface area (Å²) in [6, 6.07) is 6.67. The Balaban J connectivity index is 2.22. The number of carbonyl (C=O) groups excluding carboxylic acids is 3. The van der Waals surface area contributed by atoms with E-state index < -0.39 is 23.8 Å². The van der Waals surface area contributed by atoms with Gasteiger partial charge in [0.15, 0.2) is 6.10 Å². The molecule has 7 nitrogen and oxygen atoms in total. The Labute approximate surface area is 157 Å². The van der Waals surface area contributed by atoms with Crippen molar-refractivity contribution in [3.05, 3.63) is 52.3 Å². The van der Waals surface area contributed by atoms with Crippen LogP contribution in [0.25, 0.3) is 0 Å². The summed E-state index contributed by atoms with van der Waals surface area (Å²) in [6.07, 6.45) is -1.05. The number of aryl methyl sites for hydroxylation is 1. The lowest BCUT2D eigenvalue weighted by Gasteiger charge is -2.14. The van der Waals surface area contributed by atoms with Gasteiger partial charge in [-0.2, -0.15) is 0 Å². The Morgan fingerprint density at radius 1 is 1.11 bits per heavy atom. The summed E-state index contributed by atoms with van der Waals surface area (Å²) in [7, 11) is 1.27. The fourth-order valence-corrected chi connectivity index (χ4v) is 2.80. The van der Waals surface area contributed by atoms with Gasteiger partial charge in [-0.25, -0.2) is 9.59 Å². The summed E-state index contributed by atoms with van der Waals surface area (Å²) < 4.78 is 15.5. The normalized spacial score (nSPS) is 11.6. The van der Waals surface area contributed by atoms with Crippen LogP contribution in [0.5, 0.6) is 5.75 Å². The van der Waals surface area contributed by atoms with Gasteiger partial charge in [-0.15, -0.1) is 0 Å². The second kappa shape index (κ2) is 8.53. The number of ketones is 1. The number of Topliss-reactive ketones (excluding diaryl/α,β-unsaturated/α-hetero) is 1. The van der Waals surface area contributed by atoms with Crippen LogP contribution in [-0.4, -0.2) is 42.5 Å². The zero-order valence-electron chi connectivity index (χ0n) is 16.0. The summed E-state index contributed by atoms with van der Waals surface area (Å²) in [5.74, 6) is -1.23. The van der Waals surface area contributed by atoms with Crippen molar-refractivity contribution < 1.29 is 28.6 Å². The Kier molecular flexibility index (Phi) is 6.39. The number of nitrogens with one attached hydrogen (secondary N) is 1. The van der Waals surface area contributed by atoms with E-state index in [2.05, 4.69) is 4.98 Å². The minimum Gasteiger partial charge on any atom is -0.493 e. The first-order valence-corrected chi connectivity index (χ1v) is 8.56. The summed E-state index contributed by atoms with van der Waals surface area (Å²) in [5.41, 5.74) is 1.74. The molecule has 0 aliphatic rings. The maximum absolute atomic E-state index is 12.7. The zero-order chi connectivity index (χ0) is 20.1. The molecule has 0 saturated carbocycles. The second-order valence-corrected chi connectivity index (χ2v) is 5.96. The molecule has 7 heteroatoms. The van der Waals surface area contributed by atoms with Gasteiger partial charge in [-0.05, 0) is 45.4 Å². The monoisotopic (exact) mass is 373 g/mol. The molecule has 0 amide bonds. The molecule has 1 atom stereocenters. The van der Waals surface area contributed by atoms with E-state index in [9.17, 15) is 14.4 Å². The number of hydrogen-bond acceptors (Lipinski definition) is 6. The molecule has 1 heterocycles. The molecule has 2 aromatic rings. The lowest BCUT2D eigenvalue weighted by Crippen LogP contribution is -2.25. The zero-order valence-corrected chi connectivity index (χ0v) is 16.0. The van der Waals surface area contributed by atoms with E-state index in [4.69, 9.17) is 14.2 Å². The fourth-order valence-electron chi connectivity index (χ4n) is 2.80. The second-order valence-electron chi connectivity index (χ2n) is 5.96. The third kappa shape index (κ3) is 4.19. The number of ether oxygens (including phenoxy) is 3. The Hall–Kier alpha value is -3.09. The summed E-state index contributed by atoms with van der Waals surface area (Å²) in [4.78, 5) is 39.9. The first kappa shape index (κ1) is 20.2. The van der Waals surface area contributed by atoms with Crippen LogP contribution >= 0.6 is 0 Å². The first-order chi connectivity index (χ1) is 12.8. The number of aromatic amines is 1. The van der Waals surface area contributed by atoms with Gasteiger partial charge < -0.3 is 19.2 Å². The minimum absolute atomic E-state index is 0.214. The smallest absolute Gasteiger partial charge is 0.342 e. The van der Waals surface area contributed by atoms with Gasteiger partial charge in [0.25, 0.3) is 0 Å². The largest absolute Gasteiger partial charge is 0.493 e. The number of rotatable bonds is 7. The van der Waals surface area contributed by atoms with Crippen molar-refractivity contribution in [2.45, 2.75) is 33.8 Å². The Bertz CT molecular complexity index is 867. The molecule has 0 spiro atoms. The van der Waals surface area contributed by atoms with Crippen molar-refractivity contribution in [1.82, 2.24) is 4.98 Å². The number of hydrogen-bond donors (Lipinski definition) is 1. The molecule has 2 rings (SSSR count). The van der Waals surface area contributed by atoms with Gasteiger partial charge in [0.05, 0.1) is 25.0 Å². The summed E-state index contributed by atoms with van der Waals surface area (Å²) >= 11 is 0. The maximum atomic E-state index is 12.7. The molecular formula is C20H23NO6. The van der Waals surface area contributed by atoms with Crippen LogP contribution in [0.4, 0.5) is 0 Å². The predicted octanol–water partition coefficient (Wildman–Crippen LogP) is 3.25. The topological polar surface area (TPSA) is 94.7 Å². The van der Waals surface area contributed by atoms with Gasteiger partial charge >= 0.3 is 11.9 Å². The Morgan fingerprint density at radius 3 is 2.41 bits per heavy atom. The van der Waals surface area contributed by atoms with Crippen molar-refractivity contribution >= 4 is 17.7 Å². The highest BCUT2D eigenvalue weighted by atomic mass is 16.5. The highest BCUT2D eigenvalue weighted by Gasteiger charge is 2.28. The van der Waals surface area contributed by atoms with Gasteiger partial charge in [0.1, 0.15) is 11.3 Å². The highest BCUT2D eigenvalue weighted by Crippen LogP contribution is 2.23. The number of carbonyl (C=O) groups is 3. The Morgan fingerprint density at radius 2 is 1.78 bits per heavy atom. The van der Waals surface area contributed by atoms with E-state index in [0.29, 0.717) is 29.2 Å². The van der Waals surface area contributed by atoms with Crippen molar-refractivity contribution in [2.75, 3.05) is 13.7 Å². The van der Waals surface area contributed by atoms with Crippen LogP contribution < -0.4 is 4.74 Å². The average Bonchev–Trinajstić information content (AvgIpc) is 2.95. The van der Waals surface area contributed by atoms with E-state index in [1.165, 1.54) is 14.0 Å². The van der Waals surface area contributed by atoms with Crippen molar-refractivity contribution in [1.29, 1.82) is 0 Å². The van der Waals surface area contributed by atoms with E-state index in [1.54, 1.807) is 38.1 Å². The summed E-state index contributed by atoms with van der Waals surface area (Å²) in [6.45, 7) is 7.00. The van der Waals surface area contributed by atoms with Crippen molar-refractivity contribution in [3.8, 4) is 5.75 Å². The molecule has 144 valence electrons. The quantitative estimate of drug-likeness (QED) is 0.591. The fraction of sp³-hybridized carbons (Fsp3) is 0.350. The molecule has 0 radical (unpaired) electrons. The van der Waals surface area contributed by atoms with E-state index in [0.717, 1.165) is 0 Å². The lowest BCUT2D eigenvalue weighted by molar-refractivity contribution is 0.0313. The molecular weight excluding hydrogens is 350 g/mol. The molecule has 0 saturated heterocycles. The predicted molar refractivity (Wildman–Crippen MR) is 98.4 cm³/mol. The molecule has 0 fully saturated rings. The minimum atomic E-state index is -1.05. The maximum Gasteiger partial charge on any atom is 0.342 e. The van der Waals surface area contributed by atoms with Crippen molar-refractivity contribution in [2.24, 2.45) is 0 Å². The number of para-hydroxylation sites is 1. The van der Waals surface area contributed by atoms with E-state index in [-0.39, 0.29) is 11.3 Å². The molecule has 1 aromatic carbocycles. The number of benzene rings is 1. The van der Waals surface area contributed by atoms with Crippen molar-refractivity contribution in [3.63, 3.8) is 0 Å². The van der Waals surface area contributed by atoms with Gasteiger partial charge in [-0.1, -0.05) is 12.1 Å². The molecule has 0 aliphatic carbocycles. The third-order valence-electron chi connectivity index (χ3n) is 4.13. The molecule has 1 N–H and O–H groups in total. The average molecular weight is 373 g/mol. The molecule has 0 unspecified atom stereocenters. The SMILES string of the molecule is CCOc1ccccc1C(=O)O[C@H](C)C(=O)c1[nH]c(C)c(C(=O)OC)c1C. The standard InChI is InChI=1S/C20H23NO6/c1-6-26-15-10-8-7-9-14(15)19(23)27-13(4)18(22)17-11(2)16(12(3)21-17)20(24)25-5/h7-10,13,21H,6H2,1-5H3/t13-/m1/s1. The molecule has 0 bridgehead atoms. The van der Waals surface area contributed by atoms with Crippen LogP contribution in [0.3, 0.4) is 0 Å². The first-order valence-electron chi connectivity index (χ1n) is 8.56. The number of methoxy groups -OCH3 is 1. The molecule has 1 aromatic heterocycles. The van der Waals surface area contributed by atoms with Gasteiger partial charge in [0.2, 0.25) is 5.78 Å². The van der Waals surface area contributed by atoms with Gasteiger partial charge in [0, 0.05) is 5.69 Å². The van der Waals surface area contributed by atoms with Crippen LogP contribution in [-0.2, 0) is 9.47 Å². The highest BCUT2D eigenvalue weighted by molar-refractivity contribution is 6.04. The molecule has 27 heavy (non-hydrogen) atoms. The van der Waals surface area contributed by atoms with Crippen LogP contribution in [0.2, 0.25) is 0 Å². The third-order valence-corrected chi connectivity index (χ3v) is 4.13. The lowest BCUT2D eigenvalue weighted by atomic mass is 10.1. The number of esters is 2. The number of H-pyrrole nitrogens is 1. The van der Waals surface area contributed by atoms with E-state index in [1.807, 2.05) is 6.92 Å². The van der Waals surface area contributed by atoms with E-state index >= 15 is 0 Å². The van der Waals surface area contributed by atoms with Crippen LogP contribution in [0.15, 0.2) is 24.3 Å². The summed E-state index contributed by atoms with van der Waals surface area (Å²) in [5, 5.41) is 0. The van der Waals surface area contributed by atoms with Gasteiger partial charge in [-0.3, -0.25) is 4.79 Å².